The summed E-state index contributed by atoms with van der Waals surface area (Å²) in [7, 11) is 0. The Morgan fingerprint density at radius 3 is 3.00 bits per heavy atom. The molecule has 1 N–H and O–H groups in total. The maximum absolute atomic E-state index is 14.0. The van der Waals surface area contributed by atoms with Gasteiger partial charge in [-0.3, -0.25) is 9.69 Å². The second-order valence-corrected chi connectivity index (χ2v) is 6.38. The van der Waals surface area contributed by atoms with Crippen LogP contribution in [0.5, 0.6) is 0 Å². The van der Waals surface area contributed by atoms with Gasteiger partial charge in [0.2, 0.25) is 5.91 Å². The molecule has 116 valence electrons. The second-order valence-electron chi connectivity index (χ2n) is 5.46. The number of carbonyl (C=O) groups excluding carboxylic acids is 1. The van der Waals surface area contributed by atoms with E-state index < -0.39 is 0 Å². The van der Waals surface area contributed by atoms with E-state index in [0.29, 0.717) is 36.3 Å². The fourth-order valence-electron chi connectivity index (χ4n) is 2.32. The Balaban J connectivity index is 2.09. The first-order valence-electron chi connectivity index (χ1n) is 7.03. The van der Waals surface area contributed by atoms with Gasteiger partial charge in [0.1, 0.15) is 11.9 Å². The van der Waals surface area contributed by atoms with Crippen molar-refractivity contribution in [1.82, 2.24) is 10.2 Å². The number of ether oxygens (including phenoxy) is 1. The maximum atomic E-state index is 14.0. The molecule has 2 rings (SSSR count). The van der Waals surface area contributed by atoms with Crippen LogP contribution in [0.15, 0.2) is 22.7 Å². The third kappa shape index (κ3) is 4.49. The van der Waals surface area contributed by atoms with Crippen molar-refractivity contribution in [1.29, 1.82) is 0 Å². The Morgan fingerprint density at radius 1 is 1.57 bits per heavy atom. The Labute approximate surface area is 132 Å². The number of halogens is 2. The molecule has 1 aliphatic heterocycles. The lowest BCUT2D eigenvalue weighted by Gasteiger charge is -2.35. The third-order valence-electron chi connectivity index (χ3n) is 3.36. The molecule has 0 spiro atoms. The van der Waals surface area contributed by atoms with Crippen LogP contribution in [0.1, 0.15) is 19.4 Å². The van der Waals surface area contributed by atoms with Crippen molar-refractivity contribution in [2.24, 2.45) is 0 Å². The van der Waals surface area contributed by atoms with Gasteiger partial charge in [-0.05, 0) is 26.0 Å². The van der Waals surface area contributed by atoms with Crippen LogP contribution in [0.3, 0.4) is 0 Å². The van der Waals surface area contributed by atoms with Crippen molar-refractivity contribution in [3.05, 3.63) is 34.1 Å². The topological polar surface area (TPSA) is 41.6 Å². The number of nitrogens with zero attached hydrogens (tertiary/aromatic N) is 1. The van der Waals surface area contributed by atoms with E-state index in [9.17, 15) is 9.18 Å². The first-order valence-corrected chi connectivity index (χ1v) is 7.82. The minimum absolute atomic E-state index is 0.0674. The zero-order valence-electron chi connectivity index (χ0n) is 12.2. The lowest BCUT2D eigenvalue weighted by molar-refractivity contribution is -0.133. The number of amides is 1. The smallest absolute Gasteiger partial charge is 0.239 e. The summed E-state index contributed by atoms with van der Waals surface area (Å²) in [6.07, 6.45) is 0. The molecule has 0 aliphatic carbocycles. The number of rotatable bonds is 4. The molecule has 1 aliphatic rings. The SMILES string of the molecule is CC(C)NC(=O)C1COCCN1Cc1ccc(Br)cc1F. The highest BCUT2D eigenvalue weighted by Crippen LogP contribution is 2.19. The number of benzene rings is 1. The lowest BCUT2D eigenvalue weighted by atomic mass is 10.1. The first kappa shape index (κ1) is 16.4. The fraction of sp³-hybridized carbons (Fsp3) is 0.533. The Morgan fingerprint density at radius 2 is 2.33 bits per heavy atom. The van der Waals surface area contributed by atoms with Crippen molar-refractivity contribution >= 4 is 21.8 Å². The van der Waals surface area contributed by atoms with E-state index in [2.05, 4.69) is 21.2 Å². The van der Waals surface area contributed by atoms with Crippen molar-refractivity contribution < 1.29 is 13.9 Å². The summed E-state index contributed by atoms with van der Waals surface area (Å²) in [5.74, 6) is -0.332. The van der Waals surface area contributed by atoms with Gasteiger partial charge in [-0.1, -0.05) is 22.0 Å². The lowest BCUT2D eigenvalue weighted by Crippen LogP contribution is -2.54. The van der Waals surface area contributed by atoms with Gasteiger partial charge >= 0.3 is 0 Å². The molecule has 1 atom stereocenters. The summed E-state index contributed by atoms with van der Waals surface area (Å²) in [6, 6.07) is 4.70. The van der Waals surface area contributed by atoms with Gasteiger partial charge in [0.05, 0.1) is 13.2 Å². The van der Waals surface area contributed by atoms with Crippen molar-refractivity contribution in [2.75, 3.05) is 19.8 Å². The normalized spacial score (nSPS) is 19.8. The predicted molar refractivity (Wildman–Crippen MR) is 82.4 cm³/mol. The summed E-state index contributed by atoms with van der Waals surface area (Å²) in [5, 5.41) is 2.89. The standard InChI is InChI=1S/C15H20BrFN2O2/c1-10(2)18-15(20)14-9-21-6-5-19(14)8-11-3-4-12(16)7-13(11)17/h3-4,7,10,14H,5-6,8-9H2,1-2H3,(H,18,20). The maximum Gasteiger partial charge on any atom is 0.239 e. The molecule has 1 heterocycles. The summed E-state index contributed by atoms with van der Waals surface area (Å²) in [4.78, 5) is 14.2. The minimum atomic E-state index is -0.371. The van der Waals surface area contributed by atoms with E-state index in [-0.39, 0.29) is 23.8 Å². The number of hydrogen-bond acceptors (Lipinski definition) is 3. The molecule has 0 saturated carbocycles. The number of morpholine rings is 1. The molecule has 1 aromatic rings. The van der Waals surface area contributed by atoms with Gasteiger partial charge < -0.3 is 10.1 Å². The summed E-state index contributed by atoms with van der Waals surface area (Å²) in [5.41, 5.74) is 0.586. The number of nitrogens with one attached hydrogen (secondary N) is 1. The van der Waals surface area contributed by atoms with Crippen LogP contribution in [0.25, 0.3) is 0 Å². The van der Waals surface area contributed by atoms with Gasteiger partial charge in [0.15, 0.2) is 0 Å². The summed E-state index contributed by atoms with van der Waals surface area (Å²) in [6.45, 7) is 5.76. The van der Waals surface area contributed by atoms with Crippen molar-refractivity contribution in [3.63, 3.8) is 0 Å². The van der Waals surface area contributed by atoms with Crippen LogP contribution >= 0.6 is 15.9 Å². The van der Waals surface area contributed by atoms with E-state index in [4.69, 9.17) is 4.74 Å². The average molecular weight is 359 g/mol. The van der Waals surface area contributed by atoms with E-state index in [1.54, 1.807) is 6.07 Å². The molecule has 0 radical (unpaired) electrons. The van der Waals surface area contributed by atoms with Gasteiger partial charge in [-0.25, -0.2) is 4.39 Å². The van der Waals surface area contributed by atoms with Crippen LogP contribution < -0.4 is 5.32 Å². The van der Waals surface area contributed by atoms with Crippen LogP contribution in [0.2, 0.25) is 0 Å². The molecular weight excluding hydrogens is 339 g/mol. The highest BCUT2D eigenvalue weighted by Gasteiger charge is 2.30. The molecular formula is C15H20BrFN2O2. The molecule has 1 saturated heterocycles. The molecule has 4 nitrogen and oxygen atoms in total. The highest BCUT2D eigenvalue weighted by molar-refractivity contribution is 9.10. The molecule has 6 heteroatoms. The second kappa shape index (κ2) is 7.33. The van der Waals surface area contributed by atoms with E-state index in [1.807, 2.05) is 24.8 Å². The van der Waals surface area contributed by atoms with E-state index in [1.165, 1.54) is 6.07 Å². The molecule has 0 aromatic heterocycles. The summed E-state index contributed by atoms with van der Waals surface area (Å²) < 4.78 is 20.1. The zero-order valence-corrected chi connectivity index (χ0v) is 13.8. The zero-order chi connectivity index (χ0) is 15.4. The van der Waals surface area contributed by atoms with Crippen LogP contribution in [0, 0.1) is 5.82 Å². The number of carbonyl (C=O) groups is 1. The monoisotopic (exact) mass is 358 g/mol. The third-order valence-corrected chi connectivity index (χ3v) is 3.85. The first-order chi connectivity index (χ1) is 9.97. The van der Waals surface area contributed by atoms with Crippen LogP contribution in [-0.2, 0) is 16.1 Å². The minimum Gasteiger partial charge on any atom is -0.378 e. The molecule has 21 heavy (non-hydrogen) atoms. The molecule has 1 aromatic carbocycles. The quantitative estimate of drug-likeness (QED) is 0.897. The molecule has 1 amide bonds. The Kier molecular flexibility index (Phi) is 5.72. The predicted octanol–water partition coefficient (Wildman–Crippen LogP) is 2.31. The largest absolute Gasteiger partial charge is 0.378 e. The van der Waals surface area contributed by atoms with Gasteiger partial charge in [0.25, 0.3) is 0 Å². The Hall–Kier alpha value is -0.980. The number of hydrogen-bond donors (Lipinski definition) is 1. The van der Waals surface area contributed by atoms with E-state index in [0.717, 1.165) is 0 Å². The highest BCUT2D eigenvalue weighted by atomic mass is 79.9. The van der Waals surface area contributed by atoms with Gasteiger partial charge in [-0.2, -0.15) is 0 Å². The Bertz CT molecular complexity index is 510. The van der Waals surface area contributed by atoms with Gasteiger partial charge in [0, 0.05) is 29.2 Å². The van der Waals surface area contributed by atoms with Crippen LogP contribution in [-0.4, -0.2) is 42.6 Å². The van der Waals surface area contributed by atoms with Crippen LogP contribution in [0.4, 0.5) is 4.39 Å². The van der Waals surface area contributed by atoms with Gasteiger partial charge in [-0.15, -0.1) is 0 Å². The molecule has 1 fully saturated rings. The van der Waals surface area contributed by atoms with Crippen molar-refractivity contribution in [2.45, 2.75) is 32.5 Å². The fourth-order valence-corrected chi connectivity index (χ4v) is 2.65. The van der Waals surface area contributed by atoms with Crippen molar-refractivity contribution in [3.8, 4) is 0 Å². The molecule has 0 bridgehead atoms. The summed E-state index contributed by atoms with van der Waals surface area (Å²) >= 11 is 3.25. The van der Waals surface area contributed by atoms with E-state index >= 15 is 0 Å². The molecule has 1 unspecified atom stereocenters. The average Bonchev–Trinajstić information content (AvgIpc) is 2.41.